The topological polar surface area (TPSA) is 109 Å². The molecule has 6 heteroatoms. The Balaban J connectivity index is 1.56. The first-order chi connectivity index (χ1) is 14.2. The van der Waals surface area contributed by atoms with Gasteiger partial charge in [-0.05, 0) is 61.2 Å². The van der Waals surface area contributed by atoms with Crippen LogP contribution in [0.25, 0.3) is 10.9 Å². The molecule has 0 saturated heterocycles. The molecule has 1 aliphatic rings. The number of amides is 1. The van der Waals surface area contributed by atoms with Gasteiger partial charge in [-0.1, -0.05) is 19.9 Å². The Morgan fingerprint density at radius 2 is 1.93 bits per heavy atom. The summed E-state index contributed by atoms with van der Waals surface area (Å²) in [4.78, 5) is 16.5. The number of aromatic amines is 1. The molecule has 1 fully saturated rings. The molecule has 4 N–H and O–H groups in total. The third-order valence-corrected chi connectivity index (χ3v) is 6.18. The van der Waals surface area contributed by atoms with Gasteiger partial charge in [0.05, 0.1) is 11.5 Å². The number of hydrogen-bond donors (Lipinski definition) is 4. The molecule has 0 atom stereocenters. The van der Waals surface area contributed by atoms with Crippen molar-refractivity contribution in [1.82, 2.24) is 4.98 Å². The lowest BCUT2D eigenvalue weighted by Crippen LogP contribution is -2.27. The summed E-state index contributed by atoms with van der Waals surface area (Å²) in [5.74, 6) is -0.523. The van der Waals surface area contributed by atoms with E-state index >= 15 is 0 Å². The second kappa shape index (κ2) is 7.10. The number of aromatic nitrogens is 1. The number of H-pyrrole nitrogens is 1. The second-order valence-corrected chi connectivity index (χ2v) is 8.77. The van der Waals surface area contributed by atoms with Crippen LogP contribution in [0.4, 0.5) is 5.69 Å². The van der Waals surface area contributed by atoms with E-state index in [-0.39, 0.29) is 22.8 Å². The number of phenols is 2. The average Bonchev–Trinajstić information content (AvgIpc) is 3.41. The molecule has 1 amide bonds. The molecule has 1 aromatic heterocycles. The van der Waals surface area contributed by atoms with E-state index in [0.29, 0.717) is 30.5 Å². The predicted molar refractivity (Wildman–Crippen MR) is 115 cm³/mol. The van der Waals surface area contributed by atoms with E-state index in [1.807, 2.05) is 18.2 Å². The van der Waals surface area contributed by atoms with Crippen LogP contribution in [0.2, 0.25) is 0 Å². The standard InChI is InChI=1S/C24H25N3O3/c1-23(2,8-3-11-25)21-13-15-12-17(5-6-18(15)27-21)26-22(30)24(9-10-24)16-4-7-19(28)20(29)14-16/h4-7,12-14,27-29H,3,8-10H2,1-2H3,(H,26,30). The van der Waals surface area contributed by atoms with E-state index in [0.717, 1.165) is 23.0 Å². The molecular formula is C24H25N3O3. The van der Waals surface area contributed by atoms with Gasteiger partial charge in [-0.25, -0.2) is 0 Å². The number of benzene rings is 2. The van der Waals surface area contributed by atoms with Gasteiger partial charge in [-0.2, -0.15) is 5.26 Å². The van der Waals surface area contributed by atoms with Crippen molar-refractivity contribution >= 4 is 22.5 Å². The minimum Gasteiger partial charge on any atom is -0.504 e. The molecule has 1 aliphatic carbocycles. The van der Waals surface area contributed by atoms with Crippen LogP contribution in [0.15, 0.2) is 42.5 Å². The number of carbonyl (C=O) groups is 1. The fourth-order valence-corrected chi connectivity index (χ4v) is 3.92. The zero-order chi connectivity index (χ0) is 21.5. The van der Waals surface area contributed by atoms with Crippen LogP contribution in [0, 0.1) is 11.3 Å². The molecule has 30 heavy (non-hydrogen) atoms. The molecule has 6 nitrogen and oxygen atoms in total. The number of anilines is 1. The molecule has 4 rings (SSSR count). The van der Waals surface area contributed by atoms with Crippen molar-refractivity contribution < 1.29 is 15.0 Å². The number of hydrogen-bond acceptors (Lipinski definition) is 4. The van der Waals surface area contributed by atoms with Gasteiger partial charge in [0.25, 0.3) is 0 Å². The number of nitrogens with one attached hydrogen (secondary N) is 2. The summed E-state index contributed by atoms with van der Waals surface area (Å²) in [6, 6.07) is 14.6. The third kappa shape index (κ3) is 3.48. The highest BCUT2D eigenvalue weighted by Gasteiger charge is 2.51. The van der Waals surface area contributed by atoms with Crippen molar-refractivity contribution in [3.8, 4) is 17.6 Å². The third-order valence-electron chi connectivity index (χ3n) is 6.18. The highest BCUT2D eigenvalue weighted by molar-refractivity contribution is 6.02. The lowest BCUT2D eigenvalue weighted by molar-refractivity contribution is -0.118. The van der Waals surface area contributed by atoms with Crippen LogP contribution in [0.5, 0.6) is 11.5 Å². The number of rotatable bonds is 6. The van der Waals surface area contributed by atoms with Crippen molar-refractivity contribution in [3.63, 3.8) is 0 Å². The van der Waals surface area contributed by atoms with Gasteiger partial charge >= 0.3 is 0 Å². The molecule has 1 heterocycles. The maximum Gasteiger partial charge on any atom is 0.235 e. The zero-order valence-electron chi connectivity index (χ0n) is 17.1. The largest absolute Gasteiger partial charge is 0.504 e. The first kappa shape index (κ1) is 19.8. The smallest absolute Gasteiger partial charge is 0.235 e. The Hall–Kier alpha value is -3.46. The van der Waals surface area contributed by atoms with Crippen LogP contribution in [0.3, 0.4) is 0 Å². The summed E-state index contributed by atoms with van der Waals surface area (Å²) in [5.41, 5.74) is 2.66. The molecule has 2 aromatic carbocycles. The van der Waals surface area contributed by atoms with Crippen molar-refractivity contribution in [3.05, 3.63) is 53.7 Å². The molecule has 0 spiro atoms. The van der Waals surface area contributed by atoms with Crippen LogP contribution in [-0.4, -0.2) is 21.1 Å². The van der Waals surface area contributed by atoms with Gasteiger partial charge in [-0.15, -0.1) is 0 Å². The molecule has 1 saturated carbocycles. The zero-order valence-corrected chi connectivity index (χ0v) is 17.1. The fourth-order valence-electron chi connectivity index (χ4n) is 3.92. The lowest BCUT2D eigenvalue weighted by atomic mass is 9.84. The molecule has 0 radical (unpaired) electrons. The van der Waals surface area contributed by atoms with E-state index in [4.69, 9.17) is 5.26 Å². The Labute approximate surface area is 175 Å². The number of aromatic hydroxyl groups is 2. The van der Waals surface area contributed by atoms with E-state index in [1.54, 1.807) is 6.07 Å². The molecule has 154 valence electrons. The van der Waals surface area contributed by atoms with Gasteiger partial charge < -0.3 is 20.5 Å². The first-order valence-electron chi connectivity index (χ1n) is 10.1. The quantitative estimate of drug-likeness (QED) is 0.442. The molecule has 3 aromatic rings. The second-order valence-electron chi connectivity index (χ2n) is 8.77. The van der Waals surface area contributed by atoms with Crippen molar-refractivity contribution in [2.75, 3.05) is 5.32 Å². The van der Waals surface area contributed by atoms with E-state index in [9.17, 15) is 15.0 Å². The van der Waals surface area contributed by atoms with Crippen molar-refractivity contribution in [2.24, 2.45) is 0 Å². The number of nitrogens with zero attached hydrogens (tertiary/aromatic N) is 1. The minimum atomic E-state index is -0.664. The Kier molecular flexibility index (Phi) is 4.70. The van der Waals surface area contributed by atoms with E-state index in [1.165, 1.54) is 12.1 Å². The number of phenolic OH excluding ortho intramolecular Hbond substituents is 2. The van der Waals surface area contributed by atoms with Crippen molar-refractivity contribution in [2.45, 2.75) is 50.4 Å². The monoisotopic (exact) mass is 403 g/mol. The van der Waals surface area contributed by atoms with Gasteiger partial charge in [0, 0.05) is 34.1 Å². The Bertz CT molecular complexity index is 1170. The van der Waals surface area contributed by atoms with Crippen LogP contribution >= 0.6 is 0 Å². The van der Waals surface area contributed by atoms with Gasteiger partial charge in [0.15, 0.2) is 11.5 Å². The average molecular weight is 403 g/mol. The molecule has 0 unspecified atom stereocenters. The summed E-state index contributed by atoms with van der Waals surface area (Å²) in [7, 11) is 0. The summed E-state index contributed by atoms with van der Waals surface area (Å²) >= 11 is 0. The summed E-state index contributed by atoms with van der Waals surface area (Å²) in [6.45, 7) is 4.23. The SMILES string of the molecule is CC(C)(CCC#N)c1cc2cc(NC(=O)C3(c4ccc(O)c(O)c4)CC3)ccc2[nH]1. The van der Waals surface area contributed by atoms with Gasteiger partial charge in [0.1, 0.15) is 0 Å². The van der Waals surface area contributed by atoms with Crippen LogP contribution < -0.4 is 5.32 Å². The number of fused-ring (bicyclic) bond motifs is 1. The normalized spacial score (nSPS) is 15.0. The lowest BCUT2D eigenvalue weighted by Gasteiger charge is -2.21. The summed E-state index contributed by atoms with van der Waals surface area (Å²) in [6.07, 6.45) is 2.67. The number of nitriles is 1. The molecule has 0 bridgehead atoms. The molecule has 0 aliphatic heterocycles. The Morgan fingerprint density at radius 3 is 2.60 bits per heavy atom. The number of carbonyl (C=O) groups excluding carboxylic acids is 1. The highest BCUT2D eigenvalue weighted by Crippen LogP contribution is 2.50. The van der Waals surface area contributed by atoms with Gasteiger partial charge in [-0.3, -0.25) is 4.79 Å². The maximum absolute atomic E-state index is 13.0. The predicted octanol–water partition coefficient (Wildman–Crippen LogP) is 4.83. The maximum atomic E-state index is 13.0. The Morgan fingerprint density at radius 1 is 1.17 bits per heavy atom. The first-order valence-corrected chi connectivity index (χ1v) is 10.1. The van der Waals surface area contributed by atoms with Crippen LogP contribution in [0.1, 0.15) is 50.8 Å². The highest BCUT2D eigenvalue weighted by atomic mass is 16.3. The van der Waals surface area contributed by atoms with Crippen molar-refractivity contribution in [1.29, 1.82) is 5.26 Å². The fraction of sp³-hybridized carbons (Fsp3) is 0.333. The van der Waals surface area contributed by atoms with E-state index in [2.05, 4.69) is 36.3 Å². The van der Waals surface area contributed by atoms with Crippen LogP contribution in [-0.2, 0) is 15.6 Å². The molecular weight excluding hydrogens is 378 g/mol. The van der Waals surface area contributed by atoms with E-state index < -0.39 is 5.41 Å². The minimum absolute atomic E-state index is 0.114. The summed E-state index contributed by atoms with van der Waals surface area (Å²) < 4.78 is 0. The summed E-state index contributed by atoms with van der Waals surface area (Å²) in [5, 5.41) is 32.2. The van der Waals surface area contributed by atoms with Gasteiger partial charge in [0.2, 0.25) is 5.91 Å².